The number of benzene rings is 2. The average molecular weight is 424 g/mol. The van der Waals surface area contributed by atoms with Gasteiger partial charge in [0.15, 0.2) is 5.82 Å². The van der Waals surface area contributed by atoms with Gasteiger partial charge < -0.3 is 10.2 Å². The van der Waals surface area contributed by atoms with Crippen molar-refractivity contribution in [3.63, 3.8) is 0 Å². The molecular formula is C21H18ClN5O3. The van der Waals surface area contributed by atoms with Crippen molar-refractivity contribution in [2.45, 2.75) is 12.8 Å². The second kappa shape index (κ2) is 8.46. The van der Waals surface area contributed by atoms with E-state index >= 15 is 0 Å². The number of aromatic nitrogens is 2. The summed E-state index contributed by atoms with van der Waals surface area (Å²) < 4.78 is 0. The second-order valence-electron chi connectivity index (χ2n) is 6.92. The minimum atomic E-state index is -0.563. The summed E-state index contributed by atoms with van der Waals surface area (Å²) in [6.45, 7) is 2.03. The molecule has 0 unspecified atom stereocenters. The summed E-state index contributed by atoms with van der Waals surface area (Å²) in [5.41, 5.74) is 2.18. The molecule has 1 aliphatic rings. The Morgan fingerprint density at radius 2 is 1.77 bits per heavy atom. The molecule has 1 fully saturated rings. The average Bonchev–Trinajstić information content (AvgIpc) is 3.29. The van der Waals surface area contributed by atoms with Crippen LogP contribution < -0.4 is 10.2 Å². The van der Waals surface area contributed by atoms with Crippen molar-refractivity contribution < 1.29 is 9.72 Å². The second-order valence-corrected chi connectivity index (χ2v) is 7.33. The summed E-state index contributed by atoms with van der Waals surface area (Å²) in [7, 11) is 0. The number of carbonyl (C=O) groups is 1. The Kier molecular flexibility index (Phi) is 5.58. The number of carbonyl (C=O) groups excluding carboxylic acids is 1. The van der Waals surface area contributed by atoms with E-state index in [0.29, 0.717) is 5.69 Å². The molecule has 0 radical (unpaired) electrons. The van der Waals surface area contributed by atoms with Crippen LogP contribution >= 0.6 is 11.6 Å². The lowest BCUT2D eigenvalue weighted by Crippen LogP contribution is -2.19. The summed E-state index contributed by atoms with van der Waals surface area (Å²) >= 11 is 6.02. The molecule has 1 N–H and O–H groups in total. The van der Waals surface area contributed by atoms with Crippen molar-refractivity contribution in [2.75, 3.05) is 23.3 Å². The highest BCUT2D eigenvalue weighted by Crippen LogP contribution is 2.25. The van der Waals surface area contributed by atoms with Crippen LogP contribution in [0, 0.1) is 10.1 Å². The summed E-state index contributed by atoms with van der Waals surface area (Å²) in [5.74, 6) is 0.442. The SMILES string of the molecule is O=C(Nc1ccc(-c2ccc(N3CCCC3)nn2)cc1)c1ccc([N+](=O)[O-])cc1Cl. The van der Waals surface area contributed by atoms with Crippen molar-refractivity contribution in [1.29, 1.82) is 0 Å². The van der Waals surface area contributed by atoms with Crippen LogP contribution in [-0.2, 0) is 0 Å². The fraction of sp³-hybridized carbons (Fsp3) is 0.190. The highest BCUT2D eigenvalue weighted by Gasteiger charge is 2.16. The van der Waals surface area contributed by atoms with Gasteiger partial charge >= 0.3 is 0 Å². The van der Waals surface area contributed by atoms with E-state index in [9.17, 15) is 14.9 Å². The van der Waals surface area contributed by atoms with Crippen LogP contribution in [0.15, 0.2) is 54.6 Å². The molecule has 1 saturated heterocycles. The minimum Gasteiger partial charge on any atom is -0.355 e. The molecule has 1 amide bonds. The maximum Gasteiger partial charge on any atom is 0.270 e. The van der Waals surface area contributed by atoms with Crippen LogP contribution in [-0.4, -0.2) is 34.1 Å². The molecule has 152 valence electrons. The zero-order valence-corrected chi connectivity index (χ0v) is 16.7. The normalized spacial score (nSPS) is 13.3. The number of nitrogens with one attached hydrogen (secondary N) is 1. The van der Waals surface area contributed by atoms with E-state index in [4.69, 9.17) is 11.6 Å². The van der Waals surface area contributed by atoms with Crippen LogP contribution in [0.4, 0.5) is 17.2 Å². The highest BCUT2D eigenvalue weighted by atomic mass is 35.5. The molecule has 30 heavy (non-hydrogen) atoms. The van der Waals surface area contributed by atoms with Crippen molar-refractivity contribution in [3.8, 4) is 11.3 Å². The van der Waals surface area contributed by atoms with E-state index in [1.807, 2.05) is 24.3 Å². The molecule has 0 atom stereocenters. The number of non-ortho nitro benzene ring substituents is 1. The third kappa shape index (κ3) is 4.23. The minimum absolute atomic E-state index is 0.0201. The van der Waals surface area contributed by atoms with Gasteiger partial charge in [0, 0.05) is 36.5 Å². The smallest absolute Gasteiger partial charge is 0.270 e. The number of nitrogens with zero attached hydrogens (tertiary/aromatic N) is 4. The topological polar surface area (TPSA) is 101 Å². The van der Waals surface area contributed by atoms with Gasteiger partial charge in [0.25, 0.3) is 11.6 Å². The monoisotopic (exact) mass is 423 g/mol. The molecule has 4 rings (SSSR count). The van der Waals surface area contributed by atoms with Crippen molar-refractivity contribution in [2.24, 2.45) is 0 Å². The number of anilines is 2. The van der Waals surface area contributed by atoms with Gasteiger partial charge in [-0.25, -0.2) is 0 Å². The van der Waals surface area contributed by atoms with Crippen LogP contribution in [0.5, 0.6) is 0 Å². The van der Waals surface area contributed by atoms with Gasteiger partial charge in [-0.05, 0) is 43.2 Å². The molecule has 1 aromatic heterocycles. The van der Waals surface area contributed by atoms with Gasteiger partial charge in [0.2, 0.25) is 0 Å². The molecule has 2 aromatic carbocycles. The number of nitro groups is 1. The van der Waals surface area contributed by atoms with Crippen LogP contribution in [0.3, 0.4) is 0 Å². The third-order valence-corrected chi connectivity index (χ3v) is 5.24. The number of hydrogen-bond donors (Lipinski definition) is 1. The van der Waals surface area contributed by atoms with Gasteiger partial charge in [-0.2, -0.15) is 0 Å². The van der Waals surface area contributed by atoms with Crippen LogP contribution in [0.1, 0.15) is 23.2 Å². The Balaban J connectivity index is 1.44. The van der Waals surface area contributed by atoms with Gasteiger partial charge in [-0.15, -0.1) is 10.2 Å². The molecule has 0 spiro atoms. The van der Waals surface area contributed by atoms with E-state index in [1.165, 1.54) is 25.0 Å². The summed E-state index contributed by atoms with van der Waals surface area (Å²) in [5, 5.41) is 22.2. The Hall–Kier alpha value is -3.52. The summed E-state index contributed by atoms with van der Waals surface area (Å²) in [6, 6.07) is 14.8. The largest absolute Gasteiger partial charge is 0.355 e. The van der Waals surface area contributed by atoms with Crippen molar-refractivity contribution in [3.05, 3.63) is 75.3 Å². The number of hydrogen-bond acceptors (Lipinski definition) is 6. The molecular weight excluding hydrogens is 406 g/mol. The van der Waals surface area contributed by atoms with E-state index in [0.717, 1.165) is 36.2 Å². The zero-order chi connectivity index (χ0) is 21.1. The third-order valence-electron chi connectivity index (χ3n) is 4.93. The van der Waals surface area contributed by atoms with Gasteiger partial charge in [0.1, 0.15) is 0 Å². The van der Waals surface area contributed by atoms with Crippen LogP contribution in [0.2, 0.25) is 5.02 Å². The standard InChI is InChI=1S/C21H18ClN5O3/c22-18-13-16(27(29)30)7-8-17(18)21(28)23-15-5-3-14(4-6-15)19-9-10-20(25-24-19)26-11-1-2-12-26/h3-10,13H,1-2,11-12H2,(H,23,28). The molecule has 9 heteroatoms. The van der Waals surface area contributed by atoms with E-state index in [1.54, 1.807) is 12.1 Å². The Morgan fingerprint density at radius 3 is 2.37 bits per heavy atom. The molecule has 0 aliphatic carbocycles. The summed E-state index contributed by atoms with van der Waals surface area (Å²) in [6.07, 6.45) is 2.36. The number of rotatable bonds is 5. The zero-order valence-electron chi connectivity index (χ0n) is 15.9. The number of amides is 1. The quantitative estimate of drug-likeness (QED) is 0.477. The number of nitro benzene ring substituents is 1. The maximum absolute atomic E-state index is 12.4. The first-order valence-electron chi connectivity index (χ1n) is 9.46. The van der Waals surface area contributed by atoms with E-state index in [2.05, 4.69) is 20.4 Å². The van der Waals surface area contributed by atoms with Gasteiger partial charge in [0.05, 0.1) is 21.2 Å². The lowest BCUT2D eigenvalue weighted by atomic mass is 10.1. The molecule has 0 bridgehead atoms. The van der Waals surface area contributed by atoms with Gasteiger partial charge in [-0.1, -0.05) is 23.7 Å². The highest BCUT2D eigenvalue weighted by molar-refractivity contribution is 6.34. The Bertz CT molecular complexity index is 1080. The van der Waals surface area contributed by atoms with Crippen molar-refractivity contribution in [1.82, 2.24) is 10.2 Å². The molecule has 3 aromatic rings. The molecule has 8 nitrogen and oxygen atoms in total. The van der Waals surface area contributed by atoms with E-state index in [-0.39, 0.29) is 16.3 Å². The number of halogens is 1. The fourth-order valence-electron chi connectivity index (χ4n) is 3.32. The molecule has 0 saturated carbocycles. The van der Waals surface area contributed by atoms with E-state index < -0.39 is 10.8 Å². The predicted molar refractivity (Wildman–Crippen MR) is 115 cm³/mol. The first-order chi connectivity index (χ1) is 14.5. The predicted octanol–water partition coefficient (Wildman–Crippen LogP) is 4.56. The van der Waals surface area contributed by atoms with Crippen LogP contribution in [0.25, 0.3) is 11.3 Å². The first kappa shape index (κ1) is 19.8. The van der Waals surface area contributed by atoms with Crippen molar-refractivity contribution >= 4 is 34.7 Å². The first-order valence-corrected chi connectivity index (χ1v) is 9.83. The van der Waals surface area contributed by atoms with Gasteiger partial charge in [-0.3, -0.25) is 14.9 Å². The maximum atomic E-state index is 12.4. The lowest BCUT2D eigenvalue weighted by molar-refractivity contribution is -0.384. The Labute approximate surface area is 177 Å². The lowest BCUT2D eigenvalue weighted by Gasteiger charge is -2.15. The summed E-state index contributed by atoms with van der Waals surface area (Å²) in [4.78, 5) is 24.9. The molecule has 1 aliphatic heterocycles. The Morgan fingerprint density at radius 1 is 1.03 bits per heavy atom. The fourth-order valence-corrected chi connectivity index (χ4v) is 3.58. The molecule has 2 heterocycles.